The second kappa shape index (κ2) is 8.22. The monoisotopic (exact) mass is 442 g/mol. The molecular weight excluding hydrogens is 412 g/mol. The van der Waals surface area contributed by atoms with Crippen LogP contribution in [-0.2, 0) is 5.41 Å². The van der Waals surface area contributed by atoms with Gasteiger partial charge in [0.1, 0.15) is 6.17 Å². The zero-order valence-electron chi connectivity index (χ0n) is 19.9. The third-order valence-corrected chi connectivity index (χ3v) is 7.73. The third kappa shape index (κ3) is 3.02. The molecule has 0 bridgehead atoms. The summed E-state index contributed by atoms with van der Waals surface area (Å²) in [4.78, 5) is 5.06. The molecule has 0 spiro atoms. The lowest BCUT2D eigenvalue weighted by molar-refractivity contribution is 0.499. The number of hydrogen-bond acceptors (Lipinski definition) is 2. The molecule has 0 fully saturated rings. The molecule has 2 heterocycles. The van der Waals surface area contributed by atoms with E-state index in [0.29, 0.717) is 0 Å². The lowest BCUT2D eigenvalue weighted by Crippen LogP contribution is -2.36. The maximum absolute atomic E-state index is 2.54. The van der Waals surface area contributed by atoms with Gasteiger partial charge in [-0.2, -0.15) is 0 Å². The van der Waals surface area contributed by atoms with Crippen molar-refractivity contribution in [2.75, 3.05) is 9.80 Å². The van der Waals surface area contributed by atoms with Crippen molar-refractivity contribution in [1.29, 1.82) is 0 Å². The van der Waals surface area contributed by atoms with Crippen molar-refractivity contribution in [2.45, 2.75) is 38.3 Å². The summed E-state index contributed by atoms with van der Waals surface area (Å²) in [5.74, 6) is 0. The van der Waals surface area contributed by atoms with Crippen molar-refractivity contribution >= 4 is 22.7 Å². The first-order valence-corrected chi connectivity index (χ1v) is 12.4. The fraction of sp³-hybridized carbons (Fsp3) is 0.188. The van der Waals surface area contributed by atoms with Gasteiger partial charge in [0.25, 0.3) is 0 Å². The zero-order valence-corrected chi connectivity index (χ0v) is 19.9. The molecule has 0 amide bonds. The maximum atomic E-state index is 2.54. The molecule has 0 saturated heterocycles. The van der Waals surface area contributed by atoms with Crippen molar-refractivity contribution in [1.82, 2.24) is 0 Å². The van der Waals surface area contributed by atoms with Crippen LogP contribution in [0.15, 0.2) is 115 Å². The van der Waals surface area contributed by atoms with E-state index in [1.807, 2.05) is 0 Å². The number of hydrogen-bond donors (Lipinski definition) is 0. The molecule has 0 aromatic heterocycles. The van der Waals surface area contributed by atoms with Gasteiger partial charge in [0.15, 0.2) is 0 Å². The number of nitrogens with zero attached hydrogens (tertiary/aromatic N) is 2. The Bertz CT molecular complexity index is 1350. The molecular formula is C32H30N2. The highest BCUT2D eigenvalue weighted by atomic mass is 15.4. The highest BCUT2D eigenvalue weighted by Crippen LogP contribution is 2.54. The number of benzene rings is 4. The maximum Gasteiger partial charge on any atom is 0.130 e. The predicted octanol–water partition coefficient (Wildman–Crippen LogP) is 8.60. The van der Waals surface area contributed by atoms with E-state index in [9.17, 15) is 0 Å². The Morgan fingerprint density at radius 1 is 0.588 bits per heavy atom. The topological polar surface area (TPSA) is 6.48 Å². The van der Waals surface area contributed by atoms with E-state index < -0.39 is 0 Å². The van der Waals surface area contributed by atoms with Crippen LogP contribution in [0.3, 0.4) is 0 Å². The van der Waals surface area contributed by atoms with E-state index in [1.165, 1.54) is 39.4 Å². The molecule has 1 atom stereocenters. The van der Waals surface area contributed by atoms with Crippen molar-refractivity contribution in [3.63, 3.8) is 0 Å². The molecule has 0 radical (unpaired) electrons. The Morgan fingerprint density at radius 2 is 1.12 bits per heavy atom. The molecule has 34 heavy (non-hydrogen) atoms. The molecule has 168 valence electrons. The van der Waals surface area contributed by atoms with Gasteiger partial charge < -0.3 is 9.80 Å². The first kappa shape index (κ1) is 20.8. The van der Waals surface area contributed by atoms with Crippen LogP contribution in [0.2, 0.25) is 0 Å². The quantitative estimate of drug-likeness (QED) is 0.292. The molecule has 2 nitrogen and oxygen atoms in total. The number of fused-ring (bicyclic) bond motifs is 5. The molecule has 1 unspecified atom stereocenters. The van der Waals surface area contributed by atoms with Crippen molar-refractivity contribution in [2.24, 2.45) is 0 Å². The molecule has 6 rings (SSSR count). The van der Waals surface area contributed by atoms with E-state index in [-0.39, 0.29) is 11.6 Å². The SMILES string of the molecule is CCC1(CC)C=CC2N(c3ccccc3-c3ccccc3)c3ccccc3N2c2ccccc21. The number of allylic oxidation sites excluding steroid dienone is 1. The Balaban J connectivity index is 1.61. The van der Waals surface area contributed by atoms with Gasteiger partial charge in [-0.15, -0.1) is 0 Å². The minimum absolute atomic E-state index is 0.0422. The summed E-state index contributed by atoms with van der Waals surface area (Å²) in [6, 6.07) is 37.4. The van der Waals surface area contributed by atoms with E-state index in [1.54, 1.807) is 0 Å². The molecule has 2 aliphatic heterocycles. The summed E-state index contributed by atoms with van der Waals surface area (Å²) >= 11 is 0. The second-order valence-corrected chi connectivity index (χ2v) is 9.27. The Labute approximate surface area is 202 Å². The summed E-state index contributed by atoms with van der Waals surface area (Å²) in [6.45, 7) is 4.63. The molecule has 0 N–H and O–H groups in total. The smallest absolute Gasteiger partial charge is 0.130 e. The lowest BCUT2D eigenvalue weighted by atomic mass is 9.75. The van der Waals surface area contributed by atoms with Crippen LogP contribution in [-0.4, -0.2) is 6.17 Å². The van der Waals surface area contributed by atoms with E-state index in [4.69, 9.17) is 0 Å². The summed E-state index contributed by atoms with van der Waals surface area (Å²) in [6.07, 6.45) is 7.16. The fourth-order valence-electron chi connectivity index (χ4n) is 5.87. The van der Waals surface area contributed by atoms with Crippen LogP contribution in [0.5, 0.6) is 0 Å². The Hall–Kier alpha value is -3.78. The molecule has 0 aliphatic carbocycles. The highest BCUT2D eigenvalue weighted by Gasteiger charge is 2.42. The third-order valence-electron chi connectivity index (χ3n) is 7.73. The van der Waals surface area contributed by atoms with Crippen LogP contribution in [0.4, 0.5) is 22.7 Å². The van der Waals surface area contributed by atoms with Crippen molar-refractivity contribution in [3.05, 3.63) is 121 Å². The largest absolute Gasteiger partial charge is 0.314 e. The zero-order chi connectivity index (χ0) is 23.1. The first-order chi connectivity index (χ1) is 16.8. The first-order valence-electron chi connectivity index (χ1n) is 12.4. The Kier molecular flexibility index (Phi) is 5.03. The summed E-state index contributed by atoms with van der Waals surface area (Å²) in [5, 5.41) is 0. The van der Waals surface area contributed by atoms with Gasteiger partial charge >= 0.3 is 0 Å². The molecule has 2 aliphatic rings. The van der Waals surface area contributed by atoms with Gasteiger partial charge in [0.05, 0.1) is 17.1 Å². The minimum Gasteiger partial charge on any atom is -0.314 e. The van der Waals surface area contributed by atoms with Crippen LogP contribution in [0.1, 0.15) is 32.3 Å². The highest BCUT2D eigenvalue weighted by molar-refractivity contribution is 5.94. The Morgan fingerprint density at radius 3 is 1.79 bits per heavy atom. The number of para-hydroxylation sites is 4. The van der Waals surface area contributed by atoms with Gasteiger partial charge in [-0.1, -0.05) is 98.8 Å². The van der Waals surface area contributed by atoms with Crippen LogP contribution < -0.4 is 9.80 Å². The minimum atomic E-state index is 0.0422. The van der Waals surface area contributed by atoms with Gasteiger partial charge in [0.2, 0.25) is 0 Å². The molecule has 4 aromatic carbocycles. The van der Waals surface area contributed by atoms with Gasteiger partial charge in [0, 0.05) is 16.7 Å². The lowest BCUT2D eigenvalue weighted by Gasteiger charge is -2.33. The average Bonchev–Trinajstić information content (AvgIpc) is 3.16. The van der Waals surface area contributed by atoms with E-state index in [0.717, 1.165) is 12.8 Å². The standard InChI is InChI=1S/C32H30N2/c1-3-32(4-2)23-22-31-33(27-18-10-8-16-25(27)24-14-6-5-7-15-24)29-20-12-13-21-30(29)34(31)28-19-11-9-17-26(28)32/h5-23,31H,3-4H2,1-2H3. The average molecular weight is 443 g/mol. The van der Waals surface area contributed by atoms with Crippen LogP contribution in [0.25, 0.3) is 11.1 Å². The summed E-state index contributed by atoms with van der Waals surface area (Å²) in [7, 11) is 0. The fourth-order valence-corrected chi connectivity index (χ4v) is 5.87. The van der Waals surface area contributed by atoms with Gasteiger partial charge in [-0.05, 0) is 54.3 Å². The van der Waals surface area contributed by atoms with Crippen LogP contribution in [0, 0.1) is 0 Å². The number of anilines is 4. The molecule has 2 heteroatoms. The summed E-state index contributed by atoms with van der Waals surface area (Å²) in [5.41, 5.74) is 9.01. The summed E-state index contributed by atoms with van der Waals surface area (Å²) < 4.78 is 0. The number of rotatable bonds is 4. The normalized spacial score (nSPS) is 17.6. The predicted molar refractivity (Wildman–Crippen MR) is 144 cm³/mol. The molecule has 4 aromatic rings. The second-order valence-electron chi connectivity index (χ2n) is 9.27. The van der Waals surface area contributed by atoms with Crippen molar-refractivity contribution in [3.8, 4) is 11.1 Å². The van der Waals surface area contributed by atoms with Crippen LogP contribution >= 0.6 is 0 Å². The van der Waals surface area contributed by atoms with Crippen molar-refractivity contribution < 1.29 is 0 Å². The van der Waals surface area contributed by atoms with E-state index >= 15 is 0 Å². The van der Waals surface area contributed by atoms with E-state index in [2.05, 4.69) is 139 Å². The van der Waals surface area contributed by atoms with Gasteiger partial charge in [-0.25, -0.2) is 0 Å². The van der Waals surface area contributed by atoms with Gasteiger partial charge in [-0.3, -0.25) is 0 Å². The molecule has 0 saturated carbocycles.